The second kappa shape index (κ2) is 3.12. The smallest absolute Gasteiger partial charge is 0.152 e. The molecule has 2 aromatic heterocycles. The van der Waals surface area contributed by atoms with E-state index in [1.807, 2.05) is 22.9 Å². The Morgan fingerprint density at radius 3 is 2.67 bits per heavy atom. The summed E-state index contributed by atoms with van der Waals surface area (Å²) in [5, 5.41) is 0. The highest BCUT2D eigenvalue weighted by molar-refractivity contribution is 9.11. The van der Waals surface area contributed by atoms with Crippen molar-refractivity contribution in [2.75, 3.05) is 0 Å². The highest BCUT2D eigenvalue weighted by Gasteiger charge is 2.03. The molecule has 0 aliphatic heterocycles. The average molecular weight is 355 g/mol. The summed E-state index contributed by atoms with van der Waals surface area (Å²) in [6.07, 6.45) is 3.86. The highest BCUT2D eigenvalue weighted by Crippen LogP contribution is 2.23. The first-order chi connectivity index (χ1) is 5.66. The van der Waals surface area contributed by atoms with E-state index in [0.29, 0.717) is 0 Å². The maximum Gasteiger partial charge on any atom is 0.152 e. The molecule has 2 aromatic rings. The molecule has 2 rings (SSSR count). The van der Waals surface area contributed by atoms with Crippen LogP contribution in [0.5, 0.6) is 0 Å². The molecular formula is C7H3Br3N2. The van der Waals surface area contributed by atoms with E-state index < -0.39 is 0 Å². The number of nitrogens with zero attached hydrogens (tertiary/aromatic N) is 2. The number of hydrogen-bond donors (Lipinski definition) is 0. The lowest BCUT2D eigenvalue weighted by molar-refractivity contribution is 1.17. The van der Waals surface area contributed by atoms with Crippen molar-refractivity contribution in [2.24, 2.45) is 0 Å². The first-order valence-electron chi connectivity index (χ1n) is 3.16. The molecule has 0 aliphatic carbocycles. The van der Waals surface area contributed by atoms with Crippen LogP contribution < -0.4 is 0 Å². The standard InChI is InChI=1S/C7H3Br3N2/c8-4-1-5(9)7-11-6(10)3-12(7)2-4/h1-3H. The third-order valence-electron chi connectivity index (χ3n) is 1.44. The van der Waals surface area contributed by atoms with Gasteiger partial charge in [-0.2, -0.15) is 0 Å². The lowest BCUT2D eigenvalue weighted by atomic mass is 10.5. The lowest BCUT2D eigenvalue weighted by Gasteiger charge is -1.96. The SMILES string of the molecule is Brc1cc(Br)c2nc(Br)cn2c1. The zero-order valence-electron chi connectivity index (χ0n) is 5.76. The number of halogens is 3. The molecule has 0 amide bonds. The van der Waals surface area contributed by atoms with Gasteiger partial charge in [0.25, 0.3) is 0 Å². The van der Waals surface area contributed by atoms with E-state index in [9.17, 15) is 0 Å². The maximum atomic E-state index is 4.27. The van der Waals surface area contributed by atoms with Gasteiger partial charge < -0.3 is 4.40 Å². The van der Waals surface area contributed by atoms with E-state index >= 15 is 0 Å². The third kappa shape index (κ3) is 1.45. The minimum Gasteiger partial charge on any atom is -0.304 e. The molecule has 0 aromatic carbocycles. The van der Waals surface area contributed by atoms with Gasteiger partial charge >= 0.3 is 0 Å². The van der Waals surface area contributed by atoms with Crippen LogP contribution in [-0.4, -0.2) is 9.38 Å². The molecule has 2 heterocycles. The second-order valence-corrected chi connectivity index (χ2v) is 4.88. The highest BCUT2D eigenvalue weighted by atomic mass is 79.9. The van der Waals surface area contributed by atoms with Gasteiger partial charge in [-0.3, -0.25) is 0 Å². The van der Waals surface area contributed by atoms with Crippen LogP contribution in [0.4, 0.5) is 0 Å². The number of rotatable bonds is 0. The Bertz CT molecular complexity index is 435. The Labute approximate surface area is 94.4 Å². The molecule has 0 saturated carbocycles. The summed E-state index contributed by atoms with van der Waals surface area (Å²) in [6, 6.07) is 1.97. The van der Waals surface area contributed by atoms with Gasteiger partial charge in [0.1, 0.15) is 4.60 Å². The van der Waals surface area contributed by atoms with E-state index in [4.69, 9.17) is 0 Å². The van der Waals surface area contributed by atoms with E-state index in [1.54, 1.807) is 0 Å². The predicted octanol–water partition coefficient (Wildman–Crippen LogP) is 3.62. The van der Waals surface area contributed by atoms with Crippen LogP contribution in [0.3, 0.4) is 0 Å². The number of hydrogen-bond acceptors (Lipinski definition) is 1. The van der Waals surface area contributed by atoms with Crippen molar-refractivity contribution >= 4 is 53.4 Å². The molecule has 0 N–H and O–H groups in total. The van der Waals surface area contributed by atoms with E-state index in [1.165, 1.54) is 0 Å². The molecule has 2 nitrogen and oxygen atoms in total. The monoisotopic (exact) mass is 352 g/mol. The zero-order valence-corrected chi connectivity index (χ0v) is 10.5. The van der Waals surface area contributed by atoms with Gasteiger partial charge in [-0.25, -0.2) is 4.98 Å². The molecular weight excluding hydrogens is 352 g/mol. The fraction of sp³-hybridized carbons (Fsp3) is 0. The van der Waals surface area contributed by atoms with Gasteiger partial charge in [0, 0.05) is 16.9 Å². The molecule has 0 fully saturated rings. The van der Waals surface area contributed by atoms with Gasteiger partial charge in [-0.1, -0.05) is 0 Å². The van der Waals surface area contributed by atoms with Crippen molar-refractivity contribution in [3.8, 4) is 0 Å². The number of aromatic nitrogens is 2. The van der Waals surface area contributed by atoms with Crippen molar-refractivity contribution in [1.82, 2.24) is 9.38 Å². The van der Waals surface area contributed by atoms with E-state index in [2.05, 4.69) is 52.8 Å². The van der Waals surface area contributed by atoms with Crippen LogP contribution >= 0.6 is 47.8 Å². The molecule has 0 atom stereocenters. The minimum absolute atomic E-state index is 0.835. The molecule has 5 heteroatoms. The lowest BCUT2D eigenvalue weighted by Crippen LogP contribution is -1.83. The van der Waals surface area contributed by atoms with Crippen molar-refractivity contribution in [2.45, 2.75) is 0 Å². The van der Waals surface area contributed by atoms with Crippen LogP contribution in [0, 0.1) is 0 Å². The van der Waals surface area contributed by atoms with Crippen molar-refractivity contribution in [3.63, 3.8) is 0 Å². The Hall–Kier alpha value is 0.130. The molecule has 0 bridgehead atoms. The predicted molar refractivity (Wildman–Crippen MR) is 58.3 cm³/mol. The van der Waals surface area contributed by atoms with Crippen LogP contribution in [0.25, 0.3) is 5.65 Å². The van der Waals surface area contributed by atoms with Crippen molar-refractivity contribution in [3.05, 3.63) is 32.0 Å². The van der Waals surface area contributed by atoms with E-state index in [0.717, 1.165) is 19.2 Å². The largest absolute Gasteiger partial charge is 0.304 e. The molecule has 62 valence electrons. The molecule has 0 saturated heterocycles. The Morgan fingerprint density at radius 1 is 1.17 bits per heavy atom. The van der Waals surface area contributed by atoms with Crippen LogP contribution in [0.15, 0.2) is 32.0 Å². The molecule has 12 heavy (non-hydrogen) atoms. The summed E-state index contributed by atoms with van der Waals surface area (Å²) in [6.45, 7) is 0. The summed E-state index contributed by atoms with van der Waals surface area (Å²) in [4.78, 5) is 4.27. The Kier molecular flexibility index (Phi) is 2.27. The average Bonchev–Trinajstić information content (AvgIpc) is 2.29. The topological polar surface area (TPSA) is 17.3 Å². The van der Waals surface area contributed by atoms with Gasteiger partial charge in [0.15, 0.2) is 5.65 Å². The fourth-order valence-electron chi connectivity index (χ4n) is 0.995. The summed E-state index contributed by atoms with van der Waals surface area (Å²) < 4.78 is 4.77. The summed E-state index contributed by atoms with van der Waals surface area (Å²) in [7, 11) is 0. The molecule has 0 unspecified atom stereocenters. The molecule has 0 aliphatic rings. The quantitative estimate of drug-likeness (QED) is 0.706. The normalized spacial score (nSPS) is 10.9. The second-order valence-electron chi connectivity index (χ2n) is 2.30. The fourth-order valence-corrected chi connectivity index (χ4v) is 2.68. The minimum atomic E-state index is 0.835. The molecule has 0 spiro atoms. The number of pyridine rings is 1. The first-order valence-corrected chi connectivity index (χ1v) is 5.54. The summed E-state index contributed by atoms with van der Waals surface area (Å²) in [5.74, 6) is 0. The summed E-state index contributed by atoms with van der Waals surface area (Å²) in [5.41, 5.74) is 0.907. The first kappa shape index (κ1) is 8.72. The zero-order chi connectivity index (χ0) is 8.72. The van der Waals surface area contributed by atoms with Crippen LogP contribution in [0.1, 0.15) is 0 Å². The number of imidazole rings is 1. The van der Waals surface area contributed by atoms with Crippen molar-refractivity contribution < 1.29 is 0 Å². The Morgan fingerprint density at radius 2 is 1.92 bits per heavy atom. The summed E-state index contributed by atoms with van der Waals surface area (Å²) >= 11 is 10.1. The van der Waals surface area contributed by atoms with Gasteiger partial charge in [-0.15, -0.1) is 0 Å². The van der Waals surface area contributed by atoms with Gasteiger partial charge in [-0.05, 0) is 53.9 Å². The van der Waals surface area contributed by atoms with E-state index in [-0.39, 0.29) is 0 Å². The van der Waals surface area contributed by atoms with Crippen LogP contribution in [-0.2, 0) is 0 Å². The van der Waals surface area contributed by atoms with Crippen LogP contribution in [0.2, 0.25) is 0 Å². The van der Waals surface area contributed by atoms with Gasteiger partial charge in [0.2, 0.25) is 0 Å². The van der Waals surface area contributed by atoms with Gasteiger partial charge in [0.05, 0.1) is 4.47 Å². The maximum absolute atomic E-state index is 4.27. The van der Waals surface area contributed by atoms with Crippen molar-refractivity contribution in [1.29, 1.82) is 0 Å². The third-order valence-corrected chi connectivity index (χ3v) is 2.84. The number of fused-ring (bicyclic) bond motifs is 1. The Balaban J connectivity index is 2.88. The molecule has 0 radical (unpaired) electrons.